The van der Waals surface area contributed by atoms with Crippen LogP contribution in [-0.4, -0.2) is 12.6 Å². The van der Waals surface area contributed by atoms with E-state index in [1.54, 1.807) is 6.92 Å². The van der Waals surface area contributed by atoms with Gasteiger partial charge in [0.15, 0.2) is 0 Å². The highest BCUT2D eigenvalue weighted by molar-refractivity contribution is 5.93. The van der Waals surface area contributed by atoms with E-state index in [0.717, 1.165) is 12.0 Å². The van der Waals surface area contributed by atoms with E-state index < -0.39 is 5.97 Å². The van der Waals surface area contributed by atoms with Crippen LogP contribution in [0, 0.1) is 17.2 Å². The van der Waals surface area contributed by atoms with Crippen LogP contribution in [0.1, 0.15) is 31.7 Å². The summed E-state index contributed by atoms with van der Waals surface area (Å²) < 4.78 is 4.92. The number of nitrogens with zero attached hydrogens (tertiary/aromatic N) is 1. The Labute approximate surface area is 113 Å². The van der Waals surface area contributed by atoms with E-state index in [4.69, 9.17) is 10.00 Å². The van der Waals surface area contributed by atoms with Gasteiger partial charge in [-0.25, -0.2) is 4.79 Å². The summed E-state index contributed by atoms with van der Waals surface area (Å²) in [5, 5.41) is 9.12. The molecule has 0 radical (unpaired) electrons. The Morgan fingerprint density at radius 3 is 2.68 bits per heavy atom. The highest BCUT2D eigenvalue weighted by Crippen LogP contribution is 2.52. The molecule has 0 saturated heterocycles. The number of esters is 1. The second-order valence-electron chi connectivity index (χ2n) is 4.75. The first-order chi connectivity index (χ1) is 9.19. The second-order valence-corrected chi connectivity index (χ2v) is 4.75. The molecule has 0 heterocycles. The predicted molar refractivity (Wildman–Crippen MR) is 72.2 cm³/mol. The van der Waals surface area contributed by atoms with Crippen LogP contribution in [0.15, 0.2) is 41.5 Å². The molecule has 1 saturated carbocycles. The number of benzene rings is 1. The van der Waals surface area contributed by atoms with Gasteiger partial charge in [0.25, 0.3) is 0 Å². The van der Waals surface area contributed by atoms with Crippen LogP contribution in [-0.2, 0) is 9.53 Å². The minimum Gasteiger partial charge on any atom is -0.462 e. The first-order valence-corrected chi connectivity index (χ1v) is 6.52. The molecule has 0 spiro atoms. The Bertz CT molecular complexity index is 540. The Morgan fingerprint density at radius 2 is 2.11 bits per heavy atom. The van der Waals surface area contributed by atoms with E-state index in [1.165, 1.54) is 5.56 Å². The van der Waals surface area contributed by atoms with Gasteiger partial charge in [0, 0.05) is 0 Å². The van der Waals surface area contributed by atoms with Gasteiger partial charge < -0.3 is 4.74 Å². The normalized spacial score (nSPS) is 22.2. The summed E-state index contributed by atoms with van der Waals surface area (Å²) in [5.41, 5.74) is 2.30. The lowest BCUT2D eigenvalue weighted by Gasteiger charge is -2.05. The van der Waals surface area contributed by atoms with Crippen LogP contribution in [0.25, 0.3) is 0 Å². The zero-order chi connectivity index (χ0) is 13.8. The van der Waals surface area contributed by atoms with Crippen molar-refractivity contribution in [1.82, 2.24) is 0 Å². The molecule has 2 atom stereocenters. The number of hydrogen-bond donors (Lipinski definition) is 0. The molecule has 1 fully saturated rings. The molecule has 0 amide bonds. The molecule has 1 aliphatic rings. The fourth-order valence-electron chi connectivity index (χ4n) is 2.43. The summed E-state index contributed by atoms with van der Waals surface area (Å²) in [5.74, 6) is 0.224. The molecule has 2 rings (SSSR count). The highest BCUT2D eigenvalue weighted by atomic mass is 16.5. The topological polar surface area (TPSA) is 50.1 Å². The van der Waals surface area contributed by atoms with E-state index in [2.05, 4.69) is 12.1 Å². The summed E-state index contributed by atoms with van der Waals surface area (Å²) in [6.07, 6.45) is 1.00. The van der Waals surface area contributed by atoms with E-state index in [0.29, 0.717) is 18.4 Å². The summed E-state index contributed by atoms with van der Waals surface area (Å²) in [6, 6.07) is 12.2. The molecule has 0 aromatic heterocycles. The van der Waals surface area contributed by atoms with Gasteiger partial charge in [0.2, 0.25) is 0 Å². The number of nitriles is 1. The molecule has 1 aromatic rings. The van der Waals surface area contributed by atoms with Crippen LogP contribution >= 0.6 is 0 Å². The summed E-state index contributed by atoms with van der Waals surface area (Å²) in [7, 11) is 0. The number of rotatable bonds is 4. The van der Waals surface area contributed by atoms with Crippen LogP contribution in [0.5, 0.6) is 0 Å². The van der Waals surface area contributed by atoms with Crippen LogP contribution in [0.3, 0.4) is 0 Å². The molecule has 98 valence electrons. The fourth-order valence-corrected chi connectivity index (χ4v) is 2.43. The first-order valence-electron chi connectivity index (χ1n) is 6.52. The van der Waals surface area contributed by atoms with Gasteiger partial charge in [-0.15, -0.1) is 0 Å². The first kappa shape index (κ1) is 13.4. The maximum Gasteiger partial charge on any atom is 0.348 e. The Morgan fingerprint density at radius 1 is 1.42 bits per heavy atom. The summed E-state index contributed by atoms with van der Waals surface area (Å²) >= 11 is 0. The summed E-state index contributed by atoms with van der Waals surface area (Å²) in [6.45, 7) is 3.90. The monoisotopic (exact) mass is 255 g/mol. The molecule has 1 aliphatic carbocycles. The van der Waals surface area contributed by atoms with Gasteiger partial charge in [-0.05, 0) is 43.2 Å². The largest absolute Gasteiger partial charge is 0.462 e. The van der Waals surface area contributed by atoms with Crippen LogP contribution < -0.4 is 0 Å². The van der Waals surface area contributed by atoms with Crippen molar-refractivity contribution in [2.24, 2.45) is 5.92 Å². The van der Waals surface area contributed by atoms with E-state index in [-0.39, 0.29) is 5.57 Å². The van der Waals surface area contributed by atoms with Crippen molar-refractivity contribution in [1.29, 1.82) is 5.26 Å². The van der Waals surface area contributed by atoms with Gasteiger partial charge in [-0.1, -0.05) is 30.3 Å². The lowest BCUT2D eigenvalue weighted by Crippen LogP contribution is -2.09. The Hall–Kier alpha value is -2.08. The number of carbonyl (C=O) groups is 1. The third kappa shape index (κ3) is 2.85. The molecule has 0 bridgehead atoms. The molecule has 19 heavy (non-hydrogen) atoms. The van der Waals surface area contributed by atoms with E-state index >= 15 is 0 Å². The smallest absolute Gasteiger partial charge is 0.348 e. The second kappa shape index (κ2) is 5.71. The number of carbonyl (C=O) groups excluding carboxylic acids is 1. The Balaban J connectivity index is 2.15. The number of allylic oxidation sites excluding steroid dienone is 1. The maximum atomic E-state index is 11.7. The molecule has 0 aliphatic heterocycles. The van der Waals surface area contributed by atoms with Crippen molar-refractivity contribution in [3.8, 4) is 6.07 Å². The quantitative estimate of drug-likeness (QED) is 0.471. The van der Waals surface area contributed by atoms with E-state index in [1.807, 2.05) is 31.2 Å². The van der Waals surface area contributed by atoms with Gasteiger partial charge in [-0.3, -0.25) is 0 Å². The van der Waals surface area contributed by atoms with Gasteiger partial charge in [0.1, 0.15) is 11.6 Å². The van der Waals surface area contributed by atoms with Gasteiger partial charge >= 0.3 is 5.97 Å². The van der Waals surface area contributed by atoms with Crippen molar-refractivity contribution in [2.75, 3.05) is 6.61 Å². The SMILES string of the molecule is CCOC(=O)C(C#N)=C(C)C1CC1c1ccccc1. The van der Waals surface area contributed by atoms with Crippen molar-refractivity contribution in [2.45, 2.75) is 26.2 Å². The lowest BCUT2D eigenvalue weighted by atomic mass is 10.0. The third-order valence-electron chi connectivity index (χ3n) is 3.56. The minimum absolute atomic E-state index is 0.172. The average Bonchev–Trinajstić information content (AvgIpc) is 3.21. The number of ether oxygens (including phenoxy) is 1. The molecule has 2 unspecified atom stereocenters. The molecular weight excluding hydrogens is 238 g/mol. The lowest BCUT2D eigenvalue weighted by molar-refractivity contribution is -0.138. The average molecular weight is 255 g/mol. The minimum atomic E-state index is -0.499. The predicted octanol–water partition coefficient (Wildman–Crippen LogP) is 3.19. The van der Waals surface area contributed by atoms with Crippen molar-refractivity contribution < 1.29 is 9.53 Å². The van der Waals surface area contributed by atoms with Gasteiger partial charge in [0.05, 0.1) is 6.61 Å². The standard InChI is InChI=1S/C16H17NO2/c1-3-19-16(18)15(10-17)11(2)13-9-14(13)12-7-5-4-6-8-12/h4-8,13-14H,3,9H2,1-2H3. The third-order valence-corrected chi connectivity index (χ3v) is 3.56. The molecule has 3 heteroatoms. The zero-order valence-electron chi connectivity index (χ0n) is 11.2. The highest BCUT2D eigenvalue weighted by Gasteiger charge is 2.41. The maximum absolute atomic E-state index is 11.7. The van der Waals surface area contributed by atoms with Gasteiger partial charge in [-0.2, -0.15) is 5.26 Å². The summed E-state index contributed by atoms with van der Waals surface area (Å²) in [4.78, 5) is 11.7. The molecule has 1 aromatic carbocycles. The molecular formula is C16H17NO2. The van der Waals surface area contributed by atoms with Crippen molar-refractivity contribution in [3.63, 3.8) is 0 Å². The van der Waals surface area contributed by atoms with E-state index in [9.17, 15) is 4.79 Å². The van der Waals surface area contributed by atoms with Crippen LogP contribution in [0.2, 0.25) is 0 Å². The molecule has 0 N–H and O–H groups in total. The zero-order valence-corrected chi connectivity index (χ0v) is 11.2. The van der Waals surface area contributed by atoms with Crippen LogP contribution in [0.4, 0.5) is 0 Å². The molecule has 3 nitrogen and oxygen atoms in total. The number of hydrogen-bond acceptors (Lipinski definition) is 3. The fraction of sp³-hybridized carbons (Fsp3) is 0.375. The van der Waals surface area contributed by atoms with Crippen molar-refractivity contribution >= 4 is 5.97 Å². The van der Waals surface area contributed by atoms with Crippen molar-refractivity contribution in [3.05, 3.63) is 47.0 Å². The Kier molecular flexibility index (Phi) is 4.01.